The molecule has 5 heteroatoms. The molecule has 1 aromatic heterocycles. The summed E-state index contributed by atoms with van der Waals surface area (Å²) < 4.78 is 0. The molecule has 2 aromatic carbocycles. The van der Waals surface area contributed by atoms with Crippen LogP contribution in [0.25, 0.3) is 11.0 Å². The SMILES string of the molecule is O=C(O)c1ccc2nc(NCc3ccccc3)[nH]c2c1. The average Bonchev–Trinajstić information content (AvgIpc) is 2.88. The van der Waals surface area contributed by atoms with Gasteiger partial charge in [-0.15, -0.1) is 0 Å². The smallest absolute Gasteiger partial charge is 0.335 e. The summed E-state index contributed by atoms with van der Waals surface area (Å²) in [5.74, 6) is -0.313. The number of carboxylic acid groups (broad SMARTS) is 1. The highest BCUT2D eigenvalue weighted by molar-refractivity contribution is 5.92. The number of nitrogens with one attached hydrogen (secondary N) is 2. The standard InChI is InChI=1S/C15H13N3O2/c19-14(20)11-6-7-12-13(8-11)18-15(17-12)16-9-10-4-2-1-3-5-10/h1-8H,9H2,(H,19,20)(H2,16,17,18). The Morgan fingerprint density at radius 2 is 2.00 bits per heavy atom. The molecule has 0 aliphatic heterocycles. The minimum atomic E-state index is -0.944. The molecule has 0 fully saturated rings. The van der Waals surface area contributed by atoms with Gasteiger partial charge in [-0.1, -0.05) is 30.3 Å². The van der Waals surface area contributed by atoms with Crippen LogP contribution in [0.1, 0.15) is 15.9 Å². The van der Waals surface area contributed by atoms with Crippen molar-refractivity contribution in [1.82, 2.24) is 9.97 Å². The molecule has 0 atom stereocenters. The maximum absolute atomic E-state index is 10.9. The summed E-state index contributed by atoms with van der Waals surface area (Å²) in [5, 5.41) is 12.1. The van der Waals surface area contributed by atoms with E-state index in [1.165, 1.54) is 0 Å². The lowest BCUT2D eigenvalue weighted by atomic mass is 10.2. The lowest BCUT2D eigenvalue weighted by Crippen LogP contribution is -2.00. The second-order valence-electron chi connectivity index (χ2n) is 4.46. The van der Waals surface area contributed by atoms with Crippen molar-refractivity contribution in [2.75, 3.05) is 5.32 Å². The minimum absolute atomic E-state index is 0.246. The van der Waals surface area contributed by atoms with Crippen LogP contribution in [-0.4, -0.2) is 21.0 Å². The van der Waals surface area contributed by atoms with E-state index in [9.17, 15) is 4.79 Å². The number of carboxylic acids is 1. The third-order valence-electron chi connectivity index (χ3n) is 3.03. The highest BCUT2D eigenvalue weighted by Crippen LogP contribution is 2.16. The van der Waals surface area contributed by atoms with Crippen molar-refractivity contribution in [1.29, 1.82) is 0 Å². The molecule has 0 bridgehead atoms. The first-order valence-electron chi connectivity index (χ1n) is 6.23. The number of H-pyrrole nitrogens is 1. The van der Waals surface area contributed by atoms with E-state index in [1.54, 1.807) is 18.2 Å². The Balaban J connectivity index is 1.80. The van der Waals surface area contributed by atoms with Crippen LogP contribution in [0.5, 0.6) is 0 Å². The molecule has 0 aliphatic carbocycles. The second-order valence-corrected chi connectivity index (χ2v) is 4.46. The van der Waals surface area contributed by atoms with Crippen LogP contribution in [0.3, 0.4) is 0 Å². The molecule has 0 saturated heterocycles. The number of rotatable bonds is 4. The number of hydrogen-bond acceptors (Lipinski definition) is 3. The van der Waals surface area contributed by atoms with Crippen LogP contribution in [-0.2, 0) is 6.54 Å². The van der Waals surface area contributed by atoms with E-state index >= 15 is 0 Å². The van der Waals surface area contributed by atoms with Crippen molar-refractivity contribution < 1.29 is 9.90 Å². The molecule has 0 unspecified atom stereocenters. The molecule has 3 aromatic rings. The van der Waals surface area contributed by atoms with Crippen LogP contribution in [0.4, 0.5) is 5.95 Å². The Hall–Kier alpha value is -2.82. The van der Waals surface area contributed by atoms with Crippen LogP contribution >= 0.6 is 0 Å². The monoisotopic (exact) mass is 267 g/mol. The number of carbonyl (C=O) groups is 1. The van der Waals surface area contributed by atoms with Crippen molar-refractivity contribution >= 4 is 23.0 Å². The van der Waals surface area contributed by atoms with Crippen LogP contribution < -0.4 is 5.32 Å². The van der Waals surface area contributed by atoms with Gasteiger partial charge in [0, 0.05) is 6.54 Å². The van der Waals surface area contributed by atoms with E-state index < -0.39 is 5.97 Å². The molecule has 1 heterocycles. The highest BCUT2D eigenvalue weighted by Gasteiger charge is 2.07. The Morgan fingerprint density at radius 1 is 1.20 bits per heavy atom. The van der Waals surface area contributed by atoms with Gasteiger partial charge in [-0.3, -0.25) is 0 Å². The van der Waals surface area contributed by atoms with Gasteiger partial charge in [0.05, 0.1) is 16.6 Å². The van der Waals surface area contributed by atoms with E-state index in [-0.39, 0.29) is 5.56 Å². The molecule has 0 saturated carbocycles. The third kappa shape index (κ3) is 2.47. The summed E-state index contributed by atoms with van der Waals surface area (Å²) in [5.41, 5.74) is 2.85. The lowest BCUT2D eigenvalue weighted by Gasteiger charge is -2.01. The number of aromatic carboxylic acids is 1. The minimum Gasteiger partial charge on any atom is -0.478 e. The van der Waals surface area contributed by atoms with Crippen molar-refractivity contribution in [3.05, 3.63) is 59.7 Å². The fraction of sp³-hybridized carbons (Fsp3) is 0.0667. The number of nitrogens with zero attached hydrogens (tertiary/aromatic N) is 1. The molecular formula is C15H13N3O2. The van der Waals surface area contributed by atoms with Crippen molar-refractivity contribution in [3.63, 3.8) is 0 Å². The van der Waals surface area contributed by atoms with E-state index in [2.05, 4.69) is 15.3 Å². The number of aromatic amines is 1. The number of fused-ring (bicyclic) bond motifs is 1. The number of imidazole rings is 1. The summed E-state index contributed by atoms with van der Waals surface area (Å²) in [6, 6.07) is 14.8. The molecule has 0 radical (unpaired) electrons. The molecular weight excluding hydrogens is 254 g/mol. The van der Waals surface area contributed by atoms with Gasteiger partial charge in [0.15, 0.2) is 0 Å². The molecule has 0 aliphatic rings. The van der Waals surface area contributed by atoms with Gasteiger partial charge in [-0.25, -0.2) is 9.78 Å². The summed E-state index contributed by atoms with van der Waals surface area (Å²) in [6.45, 7) is 0.659. The van der Waals surface area contributed by atoms with Crippen molar-refractivity contribution in [3.8, 4) is 0 Å². The predicted octanol–water partition coefficient (Wildman–Crippen LogP) is 2.87. The second kappa shape index (κ2) is 5.05. The van der Waals surface area contributed by atoms with Crippen LogP contribution in [0.2, 0.25) is 0 Å². The zero-order valence-electron chi connectivity index (χ0n) is 10.6. The van der Waals surface area contributed by atoms with Gasteiger partial charge >= 0.3 is 5.97 Å². The Kier molecular flexibility index (Phi) is 3.09. The molecule has 5 nitrogen and oxygen atoms in total. The fourth-order valence-corrected chi connectivity index (χ4v) is 2.01. The first-order valence-corrected chi connectivity index (χ1v) is 6.23. The zero-order valence-corrected chi connectivity index (χ0v) is 10.6. The van der Waals surface area contributed by atoms with Gasteiger partial charge in [0.25, 0.3) is 0 Å². The molecule has 0 spiro atoms. The first kappa shape index (κ1) is 12.2. The van der Waals surface area contributed by atoms with Crippen LogP contribution in [0.15, 0.2) is 48.5 Å². The Morgan fingerprint density at radius 3 is 2.75 bits per heavy atom. The summed E-state index contributed by atoms with van der Waals surface area (Å²) in [6.07, 6.45) is 0. The lowest BCUT2D eigenvalue weighted by molar-refractivity contribution is 0.0697. The third-order valence-corrected chi connectivity index (χ3v) is 3.03. The molecule has 0 amide bonds. The van der Waals surface area contributed by atoms with Gasteiger partial charge in [0.2, 0.25) is 5.95 Å². The van der Waals surface area contributed by atoms with Crippen LogP contribution in [0, 0.1) is 0 Å². The quantitative estimate of drug-likeness (QED) is 0.679. The Labute approximate surface area is 115 Å². The van der Waals surface area contributed by atoms with E-state index in [4.69, 9.17) is 5.11 Å². The normalized spacial score (nSPS) is 10.6. The Bertz CT molecular complexity index is 750. The summed E-state index contributed by atoms with van der Waals surface area (Å²) in [7, 11) is 0. The van der Waals surface area contributed by atoms with E-state index in [0.717, 1.165) is 11.1 Å². The highest BCUT2D eigenvalue weighted by atomic mass is 16.4. The summed E-state index contributed by atoms with van der Waals surface area (Å²) in [4.78, 5) is 18.4. The number of anilines is 1. The van der Waals surface area contributed by atoms with Gasteiger partial charge in [0.1, 0.15) is 0 Å². The fourth-order valence-electron chi connectivity index (χ4n) is 2.01. The number of hydrogen-bond donors (Lipinski definition) is 3. The predicted molar refractivity (Wildman–Crippen MR) is 76.8 cm³/mol. The van der Waals surface area contributed by atoms with E-state index in [0.29, 0.717) is 18.0 Å². The molecule has 3 N–H and O–H groups in total. The first-order chi connectivity index (χ1) is 9.72. The largest absolute Gasteiger partial charge is 0.478 e. The number of benzene rings is 2. The van der Waals surface area contributed by atoms with Crippen molar-refractivity contribution in [2.24, 2.45) is 0 Å². The van der Waals surface area contributed by atoms with Crippen molar-refractivity contribution in [2.45, 2.75) is 6.54 Å². The van der Waals surface area contributed by atoms with Gasteiger partial charge < -0.3 is 15.4 Å². The summed E-state index contributed by atoms with van der Waals surface area (Å²) >= 11 is 0. The molecule has 20 heavy (non-hydrogen) atoms. The number of aromatic nitrogens is 2. The maximum Gasteiger partial charge on any atom is 0.335 e. The van der Waals surface area contributed by atoms with Gasteiger partial charge in [-0.2, -0.15) is 0 Å². The zero-order chi connectivity index (χ0) is 13.9. The van der Waals surface area contributed by atoms with E-state index in [1.807, 2.05) is 30.3 Å². The van der Waals surface area contributed by atoms with Gasteiger partial charge in [-0.05, 0) is 23.8 Å². The topological polar surface area (TPSA) is 78.0 Å². The molecule has 100 valence electrons. The average molecular weight is 267 g/mol. The molecule has 3 rings (SSSR count). The maximum atomic E-state index is 10.9.